The molecule has 0 aliphatic carbocycles. The molecule has 1 aromatic carbocycles. The predicted molar refractivity (Wildman–Crippen MR) is 88.4 cm³/mol. The van der Waals surface area contributed by atoms with Crippen molar-refractivity contribution in [2.75, 3.05) is 13.6 Å². The number of aliphatic carboxylic acids is 1. The van der Waals surface area contributed by atoms with E-state index in [1.165, 1.54) is 40.9 Å². The number of carbonyl (C=O) groups excluding carboxylic acids is 1. The number of carboxylic acid groups (broad SMARTS) is 1. The van der Waals surface area contributed by atoms with E-state index in [-0.39, 0.29) is 30.8 Å². The van der Waals surface area contributed by atoms with Crippen LogP contribution in [0.4, 0.5) is 4.39 Å². The van der Waals surface area contributed by atoms with E-state index in [4.69, 9.17) is 5.11 Å². The van der Waals surface area contributed by atoms with Crippen LogP contribution in [-0.4, -0.2) is 45.3 Å². The van der Waals surface area contributed by atoms with Gasteiger partial charge in [-0.2, -0.15) is 5.10 Å². The number of nitrogens with zero attached hydrogens (tertiary/aromatic N) is 3. The Balaban J connectivity index is 2.34. The topological polar surface area (TPSA) is 92.5 Å². The number of aromatic nitrogens is 2. The normalized spacial score (nSPS) is 10.5. The van der Waals surface area contributed by atoms with Crippen LogP contribution in [0.15, 0.2) is 35.1 Å². The van der Waals surface area contributed by atoms with Gasteiger partial charge in [-0.15, -0.1) is 0 Å². The molecule has 2 rings (SSSR count). The molecule has 1 aromatic heterocycles. The first-order chi connectivity index (χ1) is 11.8. The number of halogens is 1. The summed E-state index contributed by atoms with van der Waals surface area (Å²) in [6, 6.07) is 7.12. The first kappa shape index (κ1) is 18.3. The first-order valence-electron chi connectivity index (χ1n) is 7.64. The zero-order chi connectivity index (χ0) is 18.6. The van der Waals surface area contributed by atoms with Crippen LogP contribution in [-0.2, 0) is 4.79 Å². The van der Waals surface area contributed by atoms with Crippen molar-refractivity contribution in [3.05, 3.63) is 57.8 Å². The maximum atomic E-state index is 14.0. The zero-order valence-electron chi connectivity index (χ0n) is 13.9. The standard InChI is InChI=1S/C17H18FN3O4/c1-11-10-14(22)16(17(25)20(2)9-5-8-15(23)24)19-21(11)13-7-4-3-6-12(13)18/h3-4,6-7,10H,5,8-9H2,1-2H3,(H,23,24). The molecule has 132 valence electrons. The molecular formula is C17H18FN3O4. The number of rotatable bonds is 6. The molecule has 2 aromatic rings. The Hall–Kier alpha value is -3.03. The smallest absolute Gasteiger partial charge is 0.303 e. The fraction of sp³-hybridized carbons (Fsp3) is 0.294. The third kappa shape index (κ3) is 4.28. The number of hydrogen-bond acceptors (Lipinski definition) is 4. The molecule has 1 N–H and O–H groups in total. The van der Waals surface area contributed by atoms with Crippen molar-refractivity contribution < 1.29 is 19.1 Å². The molecule has 0 atom stereocenters. The van der Waals surface area contributed by atoms with Gasteiger partial charge in [0.2, 0.25) is 5.43 Å². The molecule has 7 nitrogen and oxygen atoms in total. The second-order valence-corrected chi connectivity index (χ2v) is 5.59. The second kappa shape index (κ2) is 7.69. The maximum Gasteiger partial charge on any atom is 0.303 e. The van der Waals surface area contributed by atoms with Crippen molar-refractivity contribution in [3.8, 4) is 5.69 Å². The van der Waals surface area contributed by atoms with Gasteiger partial charge in [-0.1, -0.05) is 12.1 Å². The van der Waals surface area contributed by atoms with Gasteiger partial charge in [0.15, 0.2) is 5.69 Å². The van der Waals surface area contributed by atoms with Gasteiger partial charge in [-0.3, -0.25) is 14.4 Å². The highest BCUT2D eigenvalue weighted by molar-refractivity contribution is 5.91. The number of benzene rings is 1. The molecule has 0 spiro atoms. The highest BCUT2D eigenvalue weighted by atomic mass is 19.1. The van der Waals surface area contributed by atoms with Gasteiger partial charge in [-0.25, -0.2) is 9.07 Å². The molecule has 0 unspecified atom stereocenters. The van der Waals surface area contributed by atoms with Gasteiger partial charge in [0.1, 0.15) is 11.5 Å². The minimum atomic E-state index is -0.962. The van der Waals surface area contributed by atoms with E-state index in [9.17, 15) is 18.8 Å². The van der Waals surface area contributed by atoms with Crippen LogP contribution < -0.4 is 5.43 Å². The summed E-state index contributed by atoms with van der Waals surface area (Å²) in [6.07, 6.45) is 0.170. The Bertz CT molecular complexity index is 863. The molecule has 0 aliphatic rings. The lowest BCUT2D eigenvalue weighted by Crippen LogP contribution is -2.34. The summed E-state index contributed by atoms with van der Waals surface area (Å²) in [4.78, 5) is 36.3. The van der Waals surface area contributed by atoms with Crippen molar-refractivity contribution in [1.82, 2.24) is 14.7 Å². The van der Waals surface area contributed by atoms with Crippen LogP contribution >= 0.6 is 0 Å². The number of aryl methyl sites for hydroxylation is 1. The molecule has 25 heavy (non-hydrogen) atoms. The van der Waals surface area contributed by atoms with Gasteiger partial charge in [0, 0.05) is 31.8 Å². The van der Waals surface area contributed by atoms with Crippen LogP contribution in [0.2, 0.25) is 0 Å². The minimum Gasteiger partial charge on any atom is -0.481 e. The van der Waals surface area contributed by atoms with E-state index in [1.807, 2.05) is 0 Å². The Kier molecular flexibility index (Phi) is 5.63. The largest absolute Gasteiger partial charge is 0.481 e. The summed E-state index contributed by atoms with van der Waals surface area (Å²) in [7, 11) is 1.46. The van der Waals surface area contributed by atoms with Gasteiger partial charge in [0.25, 0.3) is 5.91 Å². The average Bonchev–Trinajstić information content (AvgIpc) is 2.55. The van der Waals surface area contributed by atoms with Gasteiger partial charge >= 0.3 is 5.97 Å². The van der Waals surface area contributed by atoms with Crippen molar-refractivity contribution >= 4 is 11.9 Å². The highest BCUT2D eigenvalue weighted by Crippen LogP contribution is 2.13. The fourth-order valence-electron chi connectivity index (χ4n) is 2.31. The van der Waals surface area contributed by atoms with Gasteiger partial charge < -0.3 is 10.0 Å². The maximum absolute atomic E-state index is 14.0. The van der Waals surface area contributed by atoms with Crippen LogP contribution in [0.5, 0.6) is 0 Å². The van der Waals surface area contributed by atoms with Crippen molar-refractivity contribution in [2.24, 2.45) is 0 Å². The van der Waals surface area contributed by atoms with E-state index in [0.717, 1.165) is 0 Å². The summed E-state index contributed by atoms with van der Waals surface area (Å²) in [6.45, 7) is 1.76. The molecule has 0 saturated heterocycles. The molecule has 8 heteroatoms. The monoisotopic (exact) mass is 347 g/mol. The molecule has 0 bridgehead atoms. The average molecular weight is 347 g/mol. The molecule has 0 saturated carbocycles. The van der Waals surface area contributed by atoms with Crippen LogP contribution in [0.1, 0.15) is 29.0 Å². The summed E-state index contributed by atoms with van der Waals surface area (Å²) in [5, 5.41) is 12.7. The Morgan fingerprint density at radius 1 is 1.32 bits per heavy atom. The third-order valence-electron chi connectivity index (χ3n) is 3.62. The second-order valence-electron chi connectivity index (χ2n) is 5.59. The Labute approximate surface area is 143 Å². The lowest BCUT2D eigenvalue weighted by molar-refractivity contribution is -0.137. The van der Waals surface area contributed by atoms with Crippen LogP contribution in [0.25, 0.3) is 5.69 Å². The van der Waals surface area contributed by atoms with Gasteiger partial charge in [-0.05, 0) is 25.5 Å². The zero-order valence-corrected chi connectivity index (χ0v) is 13.9. The number of para-hydroxylation sites is 1. The van der Waals surface area contributed by atoms with E-state index < -0.39 is 23.1 Å². The van der Waals surface area contributed by atoms with Crippen molar-refractivity contribution in [2.45, 2.75) is 19.8 Å². The van der Waals surface area contributed by atoms with E-state index in [2.05, 4.69) is 5.10 Å². The van der Waals surface area contributed by atoms with E-state index in [1.54, 1.807) is 13.0 Å². The summed E-state index contributed by atoms with van der Waals surface area (Å²) in [5.41, 5.74) is -0.394. The fourth-order valence-corrected chi connectivity index (χ4v) is 2.31. The summed E-state index contributed by atoms with van der Waals surface area (Å²) < 4.78 is 15.2. The molecular weight excluding hydrogens is 329 g/mol. The first-order valence-corrected chi connectivity index (χ1v) is 7.64. The highest BCUT2D eigenvalue weighted by Gasteiger charge is 2.20. The van der Waals surface area contributed by atoms with Crippen LogP contribution in [0.3, 0.4) is 0 Å². The Morgan fingerprint density at radius 3 is 2.64 bits per heavy atom. The van der Waals surface area contributed by atoms with E-state index >= 15 is 0 Å². The SMILES string of the molecule is Cc1cc(=O)c(C(=O)N(C)CCCC(=O)O)nn1-c1ccccc1F. The Morgan fingerprint density at radius 2 is 2.00 bits per heavy atom. The predicted octanol–water partition coefficient (Wildman–Crippen LogP) is 1.62. The number of hydrogen-bond donors (Lipinski definition) is 1. The summed E-state index contributed by atoms with van der Waals surface area (Å²) in [5.74, 6) is -2.13. The molecule has 0 fully saturated rings. The molecule has 0 aliphatic heterocycles. The summed E-state index contributed by atoms with van der Waals surface area (Å²) >= 11 is 0. The number of carboxylic acids is 1. The quantitative estimate of drug-likeness (QED) is 0.857. The molecule has 0 radical (unpaired) electrons. The van der Waals surface area contributed by atoms with Crippen molar-refractivity contribution in [3.63, 3.8) is 0 Å². The lowest BCUT2D eigenvalue weighted by Gasteiger charge is -2.17. The van der Waals surface area contributed by atoms with Crippen LogP contribution in [0, 0.1) is 12.7 Å². The molecule has 1 heterocycles. The van der Waals surface area contributed by atoms with Gasteiger partial charge in [0.05, 0.1) is 0 Å². The minimum absolute atomic E-state index is 0.0849. The third-order valence-corrected chi connectivity index (χ3v) is 3.62. The lowest BCUT2D eigenvalue weighted by atomic mass is 10.2. The number of carbonyl (C=O) groups is 2. The molecule has 1 amide bonds. The van der Waals surface area contributed by atoms with E-state index in [0.29, 0.717) is 5.69 Å². The van der Waals surface area contributed by atoms with Crippen molar-refractivity contribution in [1.29, 1.82) is 0 Å². The number of amides is 1.